The standard InChI is InChI=1S/C14H19FN2O2/c1-17(10-11-3-2-4-12(15)7-11)14(18)8-13-9-16-5-6-19-13/h2-4,7,13,16H,5-6,8-10H2,1H3. The van der Waals surface area contributed by atoms with Gasteiger partial charge in [-0.1, -0.05) is 12.1 Å². The summed E-state index contributed by atoms with van der Waals surface area (Å²) in [5, 5.41) is 3.19. The van der Waals surface area contributed by atoms with E-state index in [1.165, 1.54) is 12.1 Å². The van der Waals surface area contributed by atoms with E-state index in [1.54, 1.807) is 18.0 Å². The number of morpholine rings is 1. The molecule has 1 aliphatic rings. The van der Waals surface area contributed by atoms with Crippen molar-refractivity contribution in [2.45, 2.75) is 19.1 Å². The van der Waals surface area contributed by atoms with E-state index in [4.69, 9.17) is 4.74 Å². The van der Waals surface area contributed by atoms with Crippen molar-refractivity contribution in [1.82, 2.24) is 10.2 Å². The van der Waals surface area contributed by atoms with Crippen LogP contribution in [0.5, 0.6) is 0 Å². The molecule has 0 radical (unpaired) electrons. The molecule has 1 atom stereocenters. The lowest BCUT2D eigenvalue weighted by molar-refractivity contribution is -0.133. The summed E-state index contributed by atoms with van der Waals surface area (Å²) in [5.41, 5.74) is 0.790. The molecule has 1 fully saturated rings. The predicted molar refractivity (Wildman–Crippen MR) is 70.1 cm³/mol. The van der Waals surface area contributed by atoms with Gasteiger partial charge in [0.25, 0.3) is 0 Å². The summed E-state index contributed by atoms with van der Waals surface area (Å²) in [6, 6.07) is 6.30. The van der Waals surface area contributed by atoms with E-state index < -0.39 is 0 Å². The Morgan fingerprint density at radius 1 is 1.58 bits per heavy atom. The molecular formula is C14H19FN2O2. The maximum atomic E-state index is 13.1. The van der Waals surface area contributed by atoms with E-state index in [1.807, 2.05) is 6.07 Å². The fourth-order valence-electron chi connectivity index (χ4n) is 2.10. The number of rotatable bonds is 4. The number of amides is 1. The summed E-state index contributed by atoms with van der Waals surface area (Å²) < 4.78 is 18.6. The van der Waals surface area contributed by atoms with Crippen LogP contribution in [0.25, 0.3) is 0 Å². The van der Waals surface area contributed by atoms with E-state index in [-0.39, 0.29) is 17.8 Å². The molecule has 5 heteroatoms. The summed E-state index contributed by atoms with van der Waals surface area (Å²) >= 11 is 0. The number of carbonyl (C=O) groups is 1. The van der Waals surface area contributed by atoms with Crippen LogP contribution < -0.4 is 5.32 Å². The molecule has 1 amide bonds. The van der Waals surface area contributed by atoms with Crippen LogP contribution in [0.1, 0.15) is 12.0 Å². The van der Waals surface area contributed by atoms with Gasteiger partial charge in [-0.3, -0.25) is 4.79 Å². The zero-order valence-electron chi connectivity index (χ0n) is 11.1. The predicted octanol–water partition coefficient (Wildman–Crippen LogP) is 1.16. The monoisotopic (exact) mass is 266 g/mol. The Morgan fingerprint density at radius 2 is 2.42 bits per heavy atom. The highest BCUT2D eigenvalue weighted by Gasteiger charge is 2.19. The fraction of sp³-hybridized carbons (Fsp3) is 0.500. The molecule has 0 aromatic heterocycles. The van der Waals surface area contributed by atoms with Gasteiger partial charge in [-0.15, -0.1) is 0 Å². The number of ether oxygens (including phenoxy) is 1. The first-order valence-electron chi connectivity index (χ1n) is 6.46. The molecule has 1 saturated heterocycles. The van der Waals surface area contributed by atoms with Crippen molar-refractivity contribution in [2.24, 2.45) is 0 Å². The molecule has 1 heterocycles. The topological polar surface area (TPSA) is 41.6 Å². The lowest BCUT2D eigenvalue weighted by Crippen LogP contribution is -2.41. The second-order valence-corrected chi connectivity index (χ2v) is 4.78. The number of nitrogens with one attached hydrogen (secondary N) is 1. The molecule has 104 valence electrons. The maximum absolute atomic E-state index is 13.1. The Labute approximate surface area is 112 Å². The number of benzene rings is 1. The second kappa shape index (κ2) is 6.63. The third-order valence-electron chi connectivity index (χ3n) is 3.14. The lowest BCUT2D eigenvalue weighted by atomic mass is 10.1. The van der Waals surface area contributed by atoms with Crippen LogP contribution in [0.3, 0.4) is 0 Å². The molecule has 4 nitrogen and oxygen atoms in total. The van der Waals surface area contributed by atoms with Crippen molar-refractivity contribution >= 4 is 5.91 Å². The Morgan fingerprint density at radius 3 is 3.11 bits per heavy atom. The zero-order valence-corrected chi connectivity index (χ0v) is 11.1. The highest BCUT2D eigenvalue weighted by atomic mass is 19.1. The van der Waals surface area contributed by atoms with E-state index in [2.05, 4.69) is 5.32 Å². The van der Waals surface area contributed by atoms with E-state index in [9.17, 15) is 9.18 Å². The Kier molecular flexibility index (Phi) is 4.87. The number of nitrogens with zero attached hydrogens (tertiary/aromatic N) is 1. The third-order valence-corrected chi connectivity index (χ3v) is 3.14. The van der Waals surface area contributed by atoms with Crippen LogP contribution in [0.15, 0.2) is 24.3 Å². The highest BCUT2D eigenvalue weighted by molar-refractivity contribution is 5.76. The molecule has 0 spiro atoms. The van der Waals surface area contributed by atoms with E-state index in [0.29, 0.717) is 26.1 Å². The zero-order chi connectivity index (χ0) is 13.7. The molecule has 0 saturated carbocycles. The van der Waals surface area contributed by atoms with Crippen molar-refractivity contribution < 1.29 is 13.9 Å². The average Bonchev–Trinajstić information content (AvgIpc) is 2.40. The Hall–Kier alpha value is -1.46. The van der Waals surface area contributed by atoms with Crippen LogP contribution in [0.2, 0.25) is 0 Å². The molecule has 1 aliphatic heterocycles. The van der Waals surface area contributed by atoms with Crippen molar-refractivity contribution in [1.29, 1.82) is 0 Å². The van der Waals surface area contributed by atoms with Crippen molar-refractivity contribution in [2.75, 3.05) is 26.7 Å². The van der Waals surface area contributed by atoms with Crippen molar-refractivity contribution in [3.8, 4) is 0 Å². The number of halogens is 1. The first kappa shape index (κ1) is 14.0. The minimum Gasteiger partial charge on any atom is -0.375 e. The van der Waals surface area contributed by atoms with Crippen LogP contribution in [-0.2, 0) is 16.1 Å². The van der Waals surface area contributed by atoms with E-state index >= 15 is 0 Å². The van der Waals surface area contributed by atoms with Crippen molar-refractivity contribution in [3.05, 3.63) is 35.6 Å². The van der Waals surface area contributed by atoms with Crippen molar-refractivity contribution in [3.63, 3.8) is 0 Å². The number of hydrogen-bond donors (Lipinski definition) is 1. The molecule has 1 aromatic carbocycles. The van der Waals surface area contributed by atoms with Gasteiger partial charge in [-0.25, -0.2) is 4.39 Å². The average molecular weight is 266 g/mol. The minimum atomic E-state index is -0.279. The second-order valence-electron chi connectivity index (χ2n) is 4.78. The molecular weight excluding hydrogens is 247 g/mol. The van der Waals surface area contributed by atoms with Crippen LogP contribution in [-0.4, -0.2) is 43.7 Å². The summed E-state index contributed by atoms with van der Waals surface area (Å²) in [4.78, 5) is 13.6. The molecule has 19 heavy (non-hydrogen) atoms. The van der Waals surface area contributed by atoms with Gasteiger partial charge in [-0.2, -0.15) is 0 Å². The third kappa shape index (κ3) is 4.29. The van der Waals surface area contributed by atoms with E-state index in [0.717, 1.165) is 12.1 Å². The highest BCUT2D eigenvalue weighted by Crippen LogP contribution is 2.09. The van der Waals surface area contributed by atoms with Crippen LogP contribution in [0.4, 0.5) is 4.39 Å². The SMILES string of the molecule is CN(Cc1cccc(F)c1)C(=O)CC1CNCCO1. The summed E-state index contributed by atoms with van der Waals surface area (Å²) in [6.45, 7) is 2.60. The summed E-state index contributed by atoms with van der Waals surface area (Å²) in [6.07, 6.45) is 0.301. The van der Waals surface area contributed by atoms with Gasteiger partial charge in [0.05, 0.1) is 19.1 Å². The lowest BCUT2D eigenvalue weighted by Gasteiger charge is -2.25. The first-order valence-corrected chi connectivity index (χ1v) is 6.46. The van der Waals surface area contributed by atoms with Gasteiger partial charge in [-0.05, 0) is 17.7 Å². The van der Waals surface area contributed by atoms with Gasteiger partial charge in [0.2, 0.25) is 5.91 Å². The van der Waals surface area contributed by atoms with Gasteiger partial charge >= 0.3 is 0 Å². The Balaban J connectivity index is 1.84. The fourth-order valence-corrected chi connectivity index (χ4v) is 2.10. The normalized spacial score (nSPS) is 19.2. The van der Waals surface area contributed by atoms with Crippen LogP contribution >= 0.6 is 0 Å². The summed E-state index contributed by atoms with van der Waals surface area (Å²) in [7, 11) is 1.73. The Bertz CT molecular complexity index is 433. The molecule has 0 aliphatic carbocycles. The summed E-state index contributed by atoms with van der Waals surface area (Å²) in [5.74, 6) is -0.267. The number of hydrogen-bond acceptors (Lipinski definition) is 3. The molecule has 2 rings (SSSR count). The van der Waals surface area contributed by atoms with Gasteiger partial charge in [0.1, 0.15) is 5.82 Å². The number of carbonyl (C=O) groups excluding carboxylic acids is 1. The van der Waals surface area contributed by atoms with Gasteiger partial charge in [0, 0.05) is 26.7 Å². The molecule has 0 bridgehead atoms. The molecule has 1 unspecified atom stereocenters. The quantitative estimate of drug-likeness (QED) is 0.889. The first-order chi connectivity index (χ1) is 9.15. The maximum Gasteiger partial charge on any atom is 0.225 e. The van der Waals surface area contributed by atoms with Crippen LogP contribution in [0, 0.1) is 5.82 Å². The minimum absolute atomic E-state index is 0.0120. The molecule has 1 N–H and O–H groups in total. The largest absolute Gasteiger partial charge is 0.375 e. The van der Waals surface area contributed by atoms with Gasteiger partial charge in [0.15, 0.2) is 0 Å². The van der Waals surface area contributed by atoms with Gasteiger partial charge < -0.3 is 15.0 Å². The molecule has 1 aromatic rings. The smallest absolute Gasteiger partial charge is 0.225 e.